The number of aliphatic hydroxyl groups excluding tert-OH is 2. The fraction of sp³-hybridized carbons (Fsp3) is 0.889. The molecule has 0 fully saturated rings. The van der Waals surface area contributed by atoms with Crippen LogP contribution in [0.1, 0.15) is 219 Å². The van der Waals surface area contributed by atoms with Crippen molar-refractivity contribution in [1.29, 1.82) is 0 Å². The normalized spacial score (nSPS) is 14.8. The van der Waals surface area contributed by atoms with Crippen LogP contribution in [0.3, 0.4) is 0 Å². The number of nitrogens with two attached hydrogens (primary N) is 1. The number of allylic oxidation sites excluding steroid dienone is 3. The largest absolute Gasteiger partial charge is 0.472 e. The van der Waals surface area contributed by atoms with Gasteiger partial charge >= 0.3 is 7.82 Å². The quantitative estimate of drug-likeness (QED) is 0.0232. The summed E-state index contributed by atoms with van der Waals surface area (Å²) in [5, 5.41) is 24.1. The lowest BCUT2D eigenvalue weighted by Crippen LogP contribution is -2.46. The number of carbonyl (C=O) groups excluding carboxylic acids is 1. The number of phosphoric ester groups is 1. The Labute approximate surface area is 339 Å². The Balaban J connectivity index is 4.32. The van der Waals surface area contributed by atoms with Crippen LogP contribution in [0.15, 0.2) is 24.3 Å². The number of nitrogens with one attached hydrogen (secondary N) is 1. The Hall–Kier alpha value is -1.06. The second-order valence-electron chi connectivity index (χ2n) is 15.8. The third-order valence-electron chi connectivity index (χ3n) is 10.3. The second kappa shape index (κ2) is 41.1. The Morgan fingerprint density at radius 2 is 1.04 bits per heavy atom. The number of aliphatic hydroxyl groups is 2. The van der Waals surface area contributed by atoms with Gasteiger partial charge in [0.25, 0.3) is 0 Å². The minimum Gasteiger partial charge on any atom is -0.393 e. The van der Waals surface area contributed by atoms with Gasteiger partial charge in [0.2, 0.25) is 5.91 Å². The molecule has 0 aliphatic heterocycles. The summed E-state index contributed by atoms with van der Waals surface area (Å²) in [5.74, 6) is -0.453. The smallest absolute Gasteiger partial charge is 0.393 e. The minimum atomic E-state index is -4.41. The summed E-state index contributed by atoms with van der Waals surface area (Å²) in [6.45, 7) is 3.97. The zero-order chi connectivity index (χ0) is 40.5. The standard InChI is InChI=1S/C45H89N2O7P/c1-3-5-7-9-11-13-15-17-19-20-21-22-23-25-27-29-31-33-35-37-44(49)43(41-54-55(51,52)53-39-38-46)47-45(50)40-42(48)36-34-32-30-28-26-24-18-16-14-12-10-8-6-4-2/h27,29,35,37,42-44,48-49H,3-26,28,30-34,36,38-41,46H2,1-2H3,(H,47,50)(H,51,52)/b29-27+,37-35+. The number of phosphoric acid groups is 1. The molecule has 0 aliphatic carbocycles. The van der Waals surface area contributed by atoms with Crippen molar-refractivity contribution in [2.24, 2.45) is 5.73 Å². The molecule has 1 amide bonds. The van der Waals surface area contributed by atoms with E-state index in [1.165, 1.54) is 154 Å². The van der Waals surface area contributed by atoms with E-state index in [9.17, 15) is 24.5 Å². The maximum atomic E-state index is 12.8. The molecule has 9 nitrogen and oxygen atoms in total. The van der Waals surface area contributed by atoms with Crippen LogP contribution in [0, 0.1) is 0 Å². The van der Waals surface area contributed by atoms with Gasteiger partial charge in [-0.25, -0.2) is 4.57 Å². The molecular weight excluding hydrogens is 711 g/mol. The highest BCUT2D eigenvalue weighted by atomic mass is 31.2. The van der Waals surface area contributed by atoms with Crippen molar-refractivity contribution in [2.75, 3.05) is 19.8 Å². The maximum absolute atomic E-state index is 12.8. The van der Waals surface area contributed by atoms with Gasteiger partial charge in [0.05, 0.1) is 37.9 Å². The number of carbonyl (C=O) groups is 1. The molecule has 0 aliphatic rings. The van der Waals surface area contributed by atoms with E-state index in [4.69, 9.17) is 14.8 Å². The molecular formula is C45H89N2O7P. The molecule has 0 aromatic rings. The van der Waals surface area contributed by atoms with Crippen molar-refractivity contribution in [3.63, 3.8) is 0 Å². The van der Waals surface area contributed by atoms with Crippen LogP contribution in [0.2, 0.25) is 0 Å². The molecule has 0 saturated carbocycles. The van der Waals surface area contributed by atoms with E-state index < -0.39 is 38.6 Å². The van der Waals surface area contributed by atoms with Crippen LogP contribution < -0.4 is 11.1 Å². The third kappa shape index (κ3) is 39.5. The molecule has 0 rings (SSSR count). The molecule has 0 aromatic heterocycles. The van der Waals surface area contributed by atoms with Crippen LogP contribution in [0.5, 0.6) is 0 Å². The first-order valence-electron chi connectivity index (χ1n) is 23.0. The number of rotatable bonds is 43. The van der Waals surface area contributed by atoms with Gasteiger partial charge in [-0.05, 0) is 32.1 Å². The molecule has 0 aromatic carbocycles. The highest BCUT2D eigenvalue weighted by Crippen LogP contribution is 2.43. The lowest BCUT2D eigenvalue weighted by atomic mass is 10.0. The number of hydrogen-bond acceptors (Lipinski definition) is 7. The molecule has 0 saturated heterocycles. The lowest BCUT2D eigenvalue weighted by Gasteiger charge is -2.24. The summed E-state index contributed by atoms with van der Waals surface area (Å²) < 4.78 is 22.1. The van der Waals surface area contributed by atoms with E-state index in [1.54, 1.807) is 6.08 Å². The van der Waals surface area contributed by atoms with Gasteiger partial charge in [0.1, 0.15) is 0 Å². The van der Waals surface area contributed by atoms with Crippen molar-refractivity contribution in [1.82, 2.24) is 5.32 Å². The Morgan fingerprint density at radius 3 is 1.51 bits per heavy atom. The first-order valence-corrected chi connectivity index (χ1v) is 24.5. The van der Waals surface area contributed by atoms with Crippen LogP contribution in [0.4, 0.5) is 0 Å². The topological polar surface area (TPSA) is 151 Å². The predicted molar refractivity (Wildman–Crippen MR) is 232 cm³/mol. The van der Waals surface area contributed by atoms with Crippen LogP contribution in [0.25, 0.3) is 0 Å². The number of unbranched alkanes of at least 4 members (excludes halogenated alkanes) is 27. The average molecular weight is 801 g/mol. The van der Waals surface area contributed by atoms with E-state index in [1.807, 2.05) is 6.08 Å². The zero-order valence-corrected chi connectivity index (χ0v) is 36.7. The van der Waals surface area contributed by atoms with E-state index in [0.29, 0.717) is 12.8 Å². The van der Waals surface area contributed by atoms with Gasteiger partial charge in [-0.2, -0.15) is 0 Å². The van der Waals surface area contributed by atoms with Crippen LogP contribution >= 0.6 is 7.82 Å². The Morgan fingerprint density at radius 1 is 0.618 bits per heavy atom. The Bertz CT molecular complexity index is 935. The monoisotopic (exact) mass is 801 g/mol. The SMILES string of the molecule is CCCCCCCCCCCCCCC/C=C/CC/C=C/C(O)C(COP(=O)(O)OCCN)NC(=O)CC(O)CCCCCCCCCCCCCCCC. The zero-order valence-electron chi connectivity index (χ0n) is 35.8. The fourth-order valence-electron chi connectivity index (χ4n) is 6.84. The highest BCUT2D eigenvalue weighted by molar-refractivity contribution is 7.47. The molecule has 0 heterocycles. The van der Waals surface area contributed by atoms with Crippen LogP contribution in [-0.4, -0.2) is 59.0 Å². The second-order valence-corrected chi connectivity index (χ2v) is 17.3. The Kier molecular flexibility index (Phi) is 40.3. The van der Waals surface area contributed by atoms with Crippen molar-refractivity contribution < 1.29 is 33.5 Å². The lowest BCUT2D eigenvalue weighted by molar-refractivity contribution is -0.124. The molecule has 6 N–H and O–H groups in total. The molecule has 55 heavy (non-hydrogen) atoms. The van der Waals surface area contributed by atoms with E-state index in [2.05, 4.69) is 31.3 Å². The first-order chi connectivity index (χ1) is 26.8. The minimum absolute atomic E-state index is 0.0461. The molecule has 0 bridgehead atoms. The average Bonchev–Trinajstić information content (AvgIpc) is 3.16. The summed E-state index contributed by atoms with van der Waals surface area (Å²) in [6.07, 6.45) is 44.1. The summed E-state index contributed by atoms with van der Waals surface area (Å²) in [4.78, 5) is 22.8. The van der Waals surface area contributed by atoms with Gasteiger partial charge in [-0.15, -0.1) is 0 Å². The van der Waals surface area contributed by atoms with Crippen LogP contribution in [-0.2, 0) is 18.4 Å². The molecule has 10 heteroatoms. The number of hydrogen-bond donors (Lipinski definition) is 5. The first kappa shape index (κ1) is 53.9. The molecule has 326 valence electrons. The summed E-state index contributed by atoms with van der Waals surface area (Å²) in [7, 11) is -4.41. The predicted octanol–water partition coefficient (Wildman–Crippen LogP) is 11.9. The van der Waals surface area contributed by atoms with Crippen molar-refractivity contribution in [2.45, 2.75) is 238 Å². The number of amides is 1. The van der Waals surface area contributed by atoms with Gasteiger partial charge < -0.3 is 26.2 Å². The van der Waals surface area contributed by atoms with Gasteiger partial charge in [-0.1, -0.05) is 205 Å². The molecule has 0 radical (unpaired) electrons. The highest BCUT2D eigenvalue weighted by Gasteiger charge is 2.27. The van der Waals surface area contributed by atoms with Crippen molar-refractivity contribution in [3.05, 3.63) is 24.3 Å². The molecule has 4 unspecified atom stereocenters. The summed E-state index contributed by atoms with van der Waals surface area (Å²) >= 11 is 0. The maximum Gasteiger partial charge on any atom is 0.472 e. The van der Waals surface area contributed by atoms with Gasteiger partial charge in [0.15, 0.2) is 0 Å². The molecule has 4 atom stereocenters. The third-order valence-corrected chi connectivity index (χ3v) is 11.3. The summed E-state index contributed by atoms with van der Waals surface area (Å²) in [6, 6.07) is -0.995. The molecule has 0 spiro atoms. The van der Waals surface area contributed by atoms with Crippen molar-refractivity contribution in [3.8, 4) is 0 Å². The van der Waals surface area contributed by atoms with Gasteiger partial charge in [0, 0.05) is 6.54 Å². The van der Waals surface area contributed by atoms with E-state index in [-0.39, 0.29) is 19.6 Å². The summed E-state index contributed by atoms with van der Waals surface area (Å²) in [5.41, 5.74) is 5.36. The fourth-order valence-corrected chi connectivity index (χ4v) is 7.60. The van der Waals surface area contributed by atoms with E-state index in [0.717, 1.165) is 32.1 Å². The van der Waals surface area contributed by atoms with Gasteiger partial charge in [-0.3, -0.25) is 13.8 Å². The van der Waals surface area contributed by atoms with E-state index >= 15 is 0 Å². The van der Waals surface area contributed by atoms with Crippen molar-refractivity contribution >= 4 is 13.7 Å².